The van der Waals surface area contributed by atoms with Gasteiger partial charge in [-0.15, -0.1) is 0 Å². The average molecular weight is 512 g/mol. The molecule has 11 heteroatoms. The van der Waals surface area contributed by atoms with Crippen LogP contribution in [0.1, 0.15) is 35.4 Å². The van der Waals surface area contributed by atoms with Gasteiger partial charge in [0.1, 0.15) is 11.6 Å². The molecule has 4 rings (SSSR count). The lowest BCUT2D eigenvalue weighted by Crippen LogP contribution is -2.47. The number of nitrogens with two attached hydrogens (primary N) is 1. The second-order valence-electron chi connectivity index (χ2n) is 8.51. The zero-order chi connectivity index (χ0) is 25.5. The van der Waals surface area contributed by atoms with Gasteiger partial charge in [0.05, 0.1) is 0 Å². The van der Waals surface area contributed by atoms with E-state index < -0.39 is 22.2 Å². The number of rotatable bonds is 12. The van der Waals surface area contributed by atoms with E-state index in [0.29, 0.717) is 37.8 Å². The fourth-order valence-corrected chi connectivity index (χ4v) is 4.49. The van der Waals surface area contributed by atoms with Gasteiger partial charge in [0.2, 0.25) is 5.91 Å². The van der Waals surface area contributed by atoms with Gasteiger partial charge in [0, 0.05) is 35.6 Å². The molecule has 1 atom stereocenters. The summed E-state index contributed by atoms with van der Waals surface area (Å²) in [4.78, 5) is 29.1. The SMILES string of the molecule is NS(=O)(=O)NCCCC[C@H](NC(=O)c1cc2ccccc2o1)C(=O)NCCc1c[nH]c2ccccc12. The van der Waals surface area contributed by atoms with Crippen LogP contribution in [0, 0.1) is 0 Å². The second-order valence-corrected chi connectivity index (χ2v) is 9.89. The Balaban J connectivity index is 1.37. The first-order valence-corrected chi connectivity index (χ1v) is 13.2. The number of carbonyl (C=O) groups excluding carboxylic acids is 2. The van der Waals surface area contributed by atoms with Crippen molar-refractivity contribution < 1.29 is 22.4 Å². The summed E-state index contributed by atoms with van der Waals surface area (Å²) in [5.41, 5.74) is 2.70. The molecule has 0 radical (unpaired) electrons. The highest BCUT2D eigenvalue weighted by molar-refractivity contribution is 7.87. The quantitative estimate of drug-likeness (QED) is 0.184. The summed E-state index contributed by atoms with van der Waals surface area (Å²) in [6.07, 6.45) is 3.81. The number of benzene rings is 2. The summed E-state index contributed by atoms with van der Waals surface area (Å²) in [5, 5.41) is 12.5. The molecule has 0 unspecified atom stereocenters. The number of hydrogen-bond acceptors (Lipinski definition) is 5. The van der Waals surface area contributed by atoms with Gasteiger partial charge in [-0.3, -0.25) is 9.59 Å². The predicted octanol–water partition coefficient (Wildman–Crippen LogP) is 2.33. The first-order chi connectivity index (χ1) is 17.3. The van der Waals surface area contributed by atoms with Crippen molar-refractivity contribution in [2.45, 2.75) is 31.7 Å². The Kier molecular flexibility index (Phi) is 8.04. The van der Waals surface area contributed by atoms with Crippen LogP contribution in [0.5, 0.6) is 0 Å². The Morgan fingerprint density at radius 2 is 1.81 bits per heavy atom. The molecule has 0 aliphatic rings. The first-order valence-electron chi connectivity index (χ1n) is 11.7. The van der Waals surface area contributed by atoms with E-state index in [0.717, 1.165) is 21.9 Å². The number of hydrogen-bond donors (Lipinski definition) is 5. The third-order valence-corrected chi connectivity index (χ3v) is 6.47. The Morgan fingerprint density at radius 3 is 2.61 bits per heavy atom. The number of amides is 2. The normalized spacial score (nSPS) is 12.6. The smallest absolute Gasteiger partial charge is 0.287 e. The van der Waals surface area contributed by atoms with Crippen LogP contribution in [0.2, 0.25) is 0 Å². The first kappa shape index (κ1) is 25.4. The van der Waals surface area contributed by atoms with Gasteiger partial charge in [-0.25, -0.2) is 9.86 Å². The van der Waals surface area contributed by atoms with Gasteiger partial charge in [-0.05, 0) is 49.4 Å². The molecule has 0 fully saturated rings. The van der Waals surface area contributed by atoms with E-state index >= 15 is 0 Å². The lowest BCUT2D eigenvalue weighted by Gasteiger charge is -2.18. The number of para-hydroxylation sites is 2. The molecule has 4 aromatic rings. The van der Waals surface area contributed by atoms with Crippen LogP contribution >= 0.6 is 0 Å². The Labute approximate surface area is 208 Å². The third-order valence-electron chi connectivity index (χ3n) is 5.86. The van der Waals surface area contributed by atoms with Gasteiger partial charge < -0.3 is 20.0 Å². The number of H-pyrrole nitrogens is 1. The van der Waals surface area contributed by atoms with Crippen molar-refractivity contribution in [2.75, 3.05) is 13.1 Å². The van der Waals surface area contributed by atoms with Crippen molar-refractivity contribution in [2.24, 2.45) is 5.14 Å². The largest absolute Gasteiger partial charge is 0.451 e. The zero-order valence-electron chi connectivity index (χ0n) is 19.6. The molecule has 6 N–H and O–H groups in total. The number of carbonyl (C=O) groups is 2. The Hall–Kier alpha value is -3.67. The molecule has 0 spiro atoms. The van der Waals surface area contributed by atoms with Crippen LogP contribution in [0.3, 0.4) is 0 Å². The molecular formula is C25H29N5O5S. The summed E-state index contributed by atoms with van der Waals surface area (Å²) < 4.78 is 29.9. The summed E-state index contributed by atoms with van der Waals surface area (Å²) in [6.45, 7) is 0.538. The summed E-state index contributed by atoms with van der Waals surface area (Å²) in [5.74, 6) is -0.701. The summed E-state index contributed by atoms with van der Waals surface area (Å²) >= 11 is 0. The van der Waals surface area contributed by atoms with Crippen molar-refractivity contribution in [3.8, 4) is 0 Å². The molecule has 0 saturated carbocycles. The molecule has 2 aromatic carbocycles. The van der Waals surface area contributed by atoms with Gasteiger partial charge in [-0.1, -0.05) is 36.4 Å². The van der Waals surface area contributed by atoms with E-state index in [9.17, 15) is 18.0 Å². The number of fused-ring (bicyclic) bond motifs is 2. The number of nitrogens with one attached hydrogen (secondary N) is 4. The molecule has 0 aliphatic carbocycles. The van der Waals surface area contributed by atoms with E-state index in [2.05, 4.69) is 20.3 Å². The predicted molar refractivity (Wildman–Crippen MR) is 137 cm³/mol. The molecule has 2 aromatic heterocycles. The highest BCUT2D eigenvalue weighted by Crippen LogP contribution is 2.19. The Morgan fingerprint density at radius 1 is 1.03 bits per heavy atom. The van der Waals surface area contributed by atoms with Crippen molar-refractivity contribution in [1.29, 1.82) is 0 Å². The van der Waals surface area contributed by atoms with E-state index in [1.807, 2.05) is 48.7 Å². The molecule has 10 nitrogen and oxygen atoms in total. The fraction of sp³-hybridized carbons (Fsp3) is 0.280. The molecule has 2 amide bonds. The van der Waals surface area contributed by atoms with Gasteiger partial charge in [0.15, 0.2) is 5.76 Å². The van der Waals surface area contributed by atoms with Gasteiger partial charge >= 0.3 is 0 Å². The molecule has 0 saturated heterocycles. The monoisotopic (exact) mass is 511 g/mol. The Bertz CT molecular complexity index is 1430. The number of aromatic nitrogens is 1. The second kappa shape index (κ2) is 11.4. The highest BCUT2D eigenvalue weighted by Gasteiger charge is 2.23. The van der Waals surface area contributed by atoms with Crippen LogP contribution in [-0.2, 0) is 21.4 Å². The average Bonchev–Trinajstić information content (AvgIpc) is 3.47. The van der Waals surface area contributed by atoms with Gasteiger partial charge in [0.25, 0.3) is 16.1 Å². The fourth-order valence-electron chi connectivity index (χ4n) is 4.06. The lowest BCUT2D eigenvalue weighted by atomic mass is 10.1. The maximum absolute atomic E-state index is 13.0. The van der Waals surface area contributed by atoms with E-state index in [1.165, 1.54) is 0 Å². The summed E-state index contributed by atoms with van der Waals surface area (Å²) in [7, 11) is -3.77. The van der Waals surface area contributed by atoms with Crippen LogP contribution in [0.15, 0.2) is 65.2 Å². The molecule has 190 valence electrons. The maximum Gasteiger partial charge on any atom is 0.287 e. The van der Waals surface area contributed by atoms with E-state index in [4.69, 9.17) is 9.56 Å². The van der Waals surface area contributed by atoms with Crippen LogP contribution in [0.25, 0.3) is 21.9 Å². The van der Waals surface area contributed by atoms with Crippen molar-refractivity contribution in [3.63, 3.8) is 0 Å². The van der Waals surface area contributed by atoms with Crippen molar-refractivity contribution in [3.05, 3.63) is 72.1 Å². The minimum absolute atomic E-state index is 0.115. The van der Waals surface area contributed by atoms with Crippen LogP contribution in [-0.4, -0.2) is 44.3 Å². The van der Waals surface area contributed by atoms with Crippen molar-refractivity contribution >= 4 is 43.9 Å². The topological polar surface area (TPSA) is 159 Å². The lowest BCUT2D eigenvalue weighted by molar-refractivity contribution is -0.123. The molecule has 0 bridgehead atoms. The van der Waals surface area contributed by atoms with Crippen LogP contribution < -0.4 is 20.5 Å². The van der Waals surface area contributed by atoms with Gasteiger partial charge in [-0.2, -0.15) is 8.42 Å². The third kappa shape index (κ3) is 6.72. The minimum atomic E-state index is -3.77. The number of furan rings is 1. The summed E-state index contributed by atoms with van der Waals surface area (Å²) in [6, 6.07) is 16.0. The maximum atomic E-state index is 13.0. The van der Waals surface area contributed by atoms with Crippen LogP contribution in [0.4, 0.5) is 0 Å². The highest BCUT2D eigenvalue weighted by atomic mass is 32.2. The standard InChI is InChI=1S/C25H29N5O5S/c26-36(33,34)29-13-6-5-10-21(30-25(32)23-15-17-7-1-4-11-22(17)35-23)24(31)27-14-12-18-16-28-20-9-3-2-8-19(18)20/h1-4,7-9,11,15-16,21,28-29H,5-6,10,12-14H2,(H,27,31)(H,30,32)(H2,26,33,34)/t21-/m0/s1. The molecule has 0 aliphatic heterocycles. The molecule has 2 heterocycles. The molecular weight excluding hydrogens is 482 g/mol. The number of unbranched alkanes of at least 4 members (excludes halogenated alkanes) is 1. The van der Waals surface area contributed by atoms with Crippen molar-refractivity contribution in [1.82, 2.24) is 20.3 Å². The minimum Gasteiger partial charge on any atom is -0.451 e. The van der Waals surface area contributed by atoms with E-state index in [-0.39, 0.29) is 18.2 Å². The van der Waals surface area contributed by atoms with E-state index in [1.54, 1.807) is 12.1 Å². The molecule has 36 heavy (non-hydrogen) atoms. The zero-order valence-corrected chi connectivity index (χ0v) is 20.4. The number of aromatic amines is 1.